The molecule has 0 spiro atoms. The van der Waals surface area contributed by atoms with Crippen molar-refractivity contribution in [3.63, 3.8) is 0 Å². The first-order valence-electron chi connectivity index (χ1n) is 5.55. The van der Waals surface area contributed by atoms with Crippen LogP contribution in [0.4, 0.5) is 5.69 Å². The molecule has 0 amide bonds. The molecule has 0 saturated heterocycles. The number of ether oxygens (including phenoxy) is 1. The maximum Gasteiger partial charge on any atom is 0.136 e. The highest BCUT2D eigenvalue weighted by atomic mass is 32.1. The number of hydrogen-bond acceptors (Lipinski definition) is 5. The molecular formula is C13H15N3OS. The lowest BCUT2D eigenvalue weighted by atomic mass is 10.1. The van der Waals surface area contributed by atoms with Crippen molar-refractivity contribution in [3.8, 4) is 5.75 Å². The number of aryl methyl sites for hydroxylation is 1. The monoisotopic (exact) mass is 261 g/mol. The Morgan fingerprint density at radius 3 is 2.89 bits per heavy atom. The van der Waals surface area contributed by atoms with Gasteiger partial charge in [-0.1, -0.05) is 6.07 Å². The third-order valence-electron chi connectivity index (χ3n) is 2.65. The summed E-state index contributed by atoms with van der Waals surface area (Å²) >= 11 is 1.55. The molecule has 18 heavy (non-hydrogen) atoms. The number of methoxy groups -OCH3 is 1. The van der Waals surface area contributed by atoms with Crippen LogP contribution < -0.4 is 10.2 Å². The fraction of sp³-hybridized carbons (Fsp3) is 0.231. The van der Waals surface area contributed by atoms with E-state index >= 15 is 0 Å². The average Bonchev–Trinajstić information content (AvgIpc) is 2.86. The molecule has 0 radical (unpaired) electrons. The lowest BCUT2D eigenvalue weighted by molar-refractivity contribution is 0.412. The van der Waals surface area contributed by atoms with Crippen molar-refractivity contribution in [2.75, 3.05) is 12.5 Å². The van der Waals surface area contributed by atoms with Crippen molar-refractivity contribution < 1.29 is 4.74 Å². The molecule has 2 aromatic rings. The van der Waals surface area contributed by atoms with E-state index in [0.717, 1.165) is 27.6 Å². The summed E-state index contributed by atoms with van der Waals surface area (Å²) in [5.74, 6) is 0.854. The Bertz CT molecular complexity index is 550. The van der Waals surface area contributed by atoms with E-state index in [2.05, 4.69) is 15.5 Å². The normalized spacial score (nSPS) is 10.8. The molecule has 0 fully saturated rings. The maximum atomic E-state index is 5.29. The lowest BCUT2D eigenvalue weighted by Crippen LogP contribution is -1.98. The molecule has 0 aliphatic heterocycles. The van der Waals surface area contributed by atoms with Crippen LogP contribution >= 0.6 is 11.3 Å². The van der Waals surface area contributed by atoms with Gasteiger partial charge < -0.3 is 4.74 Å². The second-order valence-electron chi connectivity index (χ2n) is 3.83. The Morgan fingerprint density at radius 2 is 2.22 bits per heavy atom. The van der Waals surface area contributed by atoms with Gasteiger partial charge in [-0.05, 0) is 25.5 Å². The van der Waals surface area contributed by atoms with Gasteiger partial charge in [-0.3, -0.25) is 5.43 Å². The number of thiazole rings is 1. The summed E-state index contributed by atoms with van der Waals surface area (Å²) < 4.78 is 5.29. The maximum absolute atomic E-state index is 5.29. The highest BCUT2D eigenvalue weighted by Gasteiger charge is 2.06. The predicted octanol–water partition coefficient (Wildman–Crippen LogP) is 3.21. The summed E-state index contributed by atoms with van der Waals surface area (Å²) in [5, 5.41) is 6.99. The van der Waals surface area contributed by atoms with Gasteiger partial charge in [0, 0.05) is 17.1 Å². The van der Waals surface area contributed by atoms with Crippen LogP contribution in [-0.2, 0) is 0 Å². The fourth-order valence-corrected chi connectivity index (χ4v) is 2.17. The Hall–Kier alpha value is -1.88. The number of rotatable bonds is 4. The molecule has 1 heterocycles. The van der Waals surface area contributed by atoms with E-state index in [0.29, 0.717) is 0 Å². The summed E-state index contributed by atoms with van der Waals surface area (Å²) in [5.41, 5.74) is 6.20. The number of hydrogen-bond donors (Lipinski definition) is 1. The highest BCUT2D eigenvalue weighted by molar-refractivity contribution is 7.11. The van der Waals surface area contributed by atoms with Gasteiger partial charge in [0.2, 0.25) is 0 Å². The van der Waals surface area contributed by atoms with E-state index < -0.39 is 0 Å². The largest absolute Gasteiger partial charge is 0.496 e. The number of hydrazone groups is 1. The van der Waals surface area contributed by atoms with Crippen LogP contribution in [0.15, 0.2) is 28.8 Å². The minimum Gasteiger partial charge on any atom is -0.496 e. The summed E-state index contributed by atoms with van der Waals surface area (Å²) in [6.07, 6.45) is 3.47. The van der Waals surface area contributed by atoms with Crippen LogP contribution in [-0.4, -0.2) is 18.3 Å². The molecule has 1 aromatic heterocycles. The third-order valence-corrected chi connectivity index (χ3v) is 3.36. The van der Waals surface area contributed by atoms with Crippen LogP contribution in [0.3, 0.4) is 0 Å². The quantitative estimate of drug-likeness (QED) is 0.679. The van der Waals surface area contributed by atoms with Crippen LogP contribution in [0.25, 0.3) is 0 Å². The molecule has 0 unspecified atom stereocenters. The molecule has 94 valence electrons. The van der Waals surface area contributed by atoms with Crippen LogP contribution in [0.2, 0.25) is 0 Å². The van der Waals surface area contributed by atoms with Gasteiger partial charge in [-0.25, -0.2) is 4.98 Å². The summed E-state index contributed by atoms with van der Waals surface area (Å²) in [4.78, 5) is 4.13. The minimum atomic E-state index is 0.854. The van der Waals surface area contributed by atoms with E-state index in [-0.39, 0.29) is 0 Å². The van der Waals surface area contributed by atoms with E-state index in [1.165, 1.54) is 0 Å². The first kappa shape index (κ1) is 12.6. The summed E-state index contributed by atoms with van der Waals surface area (Å²) in [6, 6.07) is 3.97. The van der Waals surface area contributed by atoms with Crippen LogP contribution in [0, 0.1) is 13.8 Å². The molecule has 1 N–H and O–H groups in total. The van der Waals surface area contributed by atoms with Gasteiger partial charge in [-0.2, -0.15) is 5.10 Å². The molecule has 1 aromatic carbocycles. The van der Waals surface area contributed by atoms with Crippen LogP contribution in [0.5, 0.6) is 5.75 Å². The SMILES string of the molecule is COc1ccc(C)c(N/N=C/c2nccs2)c1C. The van der Waals surface area contributed by atoms with Crippen molar-refractivity contribution in [1.82, 2.24) is 4.98 Å². The zero-order chi connectivity index (χ0) is 13.0. The lowest BCUT2D eigenvalue weighted by Gasteiger charge is -2.12. The molecule has 2 rings (SSSR count). The Morgan fingerprint density at radius 1 is 1.39 bits per heavy atom. The van der Waals surface area contributed by atoms with Crippen molar-refractivity contribution in [2.24, 2.45) is 5.10 Å². The highest BCUT2D eigenvalue weighted by Crippen LogP contribution is 2.28. The van der Waals surface area contributed by atoms with E-state index in [1.54, 1.807) is 30.9 Å². The van der Waals surface area contributed by atoms with Gasteiger partial charge >= 0.3 is 0 Å². The molecule has 0 atom stereocenters. The van der Waals surface area contributed by atoms with Gasteiger partial charge in [0.15, 0.2) is 0 Å². The summed E-state index contributed by atoms with van der Waals surface area (Å²) in [6.45, 7) is 4.04. The smallest absolute Gasteiger partial charge is 0.136 e. The van der Waals surface area contributed by atoms with Crippen LogP contribution in [0.1, 0.15) is 16.1 Å². The van der Waals surface area contributed by atoms with Crippen molar-refractivity contribution in [3.05, 3.63) is 39.8 Å². The molecule has 0 saturated carbocycles. The van der Waals surface area contributed by atoms with E-state index in [9.17, 15) is 0 Å². The van der Waals surface area contributed by atoms with E-state index in [1.807, 2.05) is 31.4 Å². The van der Waals surface area contributed by atoms with Gasteiger partial charge in [0.05, 0.1) is 19.0 Å². The van der Waals surface area contributed by atoms with Gasteiger partial charge in [0.1, 0.15) is 10.8 Å². The molecule has 0 aliphatic rings. The minimum absolute atomic E-state index is 0.854. The second-order valence-corrected chi connectivity index (χ2v) is 4.75. The number of anilines is 1. The number of aromatic nitrogens is 1. The molecule has 0 aliphatic carbocycles. The molecule has 5 heteroatoms. The topological polar surface area (TPSA) is 46.5 Å². The van der Waals surface area contributed by atoms with Gasteiger partial charge in [0.25, 0.3) is 0 Å². The van der Waals surface area contributed by atoms with Crippen molar-refractivity contribution in [2.45, 2.75) is 13.8 Å². The third kappa shape index (κ3) is 2.68. The fourth-order valence-electron chi connectivity index (χ4n) is 1.67. The standard InChI is InChI=1S/C13H15N3OS/c1-9-4-5-11(17-3)10(2)13(9)16-15-8-12-14-6-7-18-12/h4-8,16H,1-3H3/b15-8+. The Kier molecular flexibility index (Phi) is 3.94. The summed E-state index contributed by atoms with van der Waals surface area (Å²) in [7, 11) is 1.67. The predicted molar refractivity (Wildman–Crippen MR) is 75.8 cm³/mol. The van der Waals surface area contributed by atoms with Gasteiger partial charge in [-0.15, -0.1) is 11.3 Å². The molecule has 0 bridgehead atoms. The zero-order valence-corrected chi connectivity index (χ0v) is 11.4. The first-order valence-corrected chi connectivity index (χ1v) is 6.43. The Balaban J connectivity index is 2.18. The van der Waals surface area contributed by atoms with Crippen molar-refractivity contribution >= 4 is 23.2 Å². The number of nitrogens with zero attached hydrogens (tertiary/aromatic N) is 2. The molecular weight excluding hydrogens is 246 g/mol. The van der Waals surface area contributed by atoms with Crippen molar-refractivity contribution in [1.29, 1.82) is 0 Å². The van der Waals surface area contributed by atoms with E-state index in [4.69, 9.17) is 4.74 Å². The average molecular weight is 261 g/mol. The molecule has 4 nitrogen and oxygen atoms in total. The first-order chi connectivity index (χ1) is 8.72. The second kappa shape index (κ2) is 5.64. The number of benzene rings is 1. The number of nitrogens with one attached hydrogen (secondary N) is 1. The Labute approximate surface area is 110 Å². The zero-order valence-electron chi connectivity index (χ0n) is 10.6.